The molecular formula is C7H10O4. The molecule has 0 radical (unpaired) electrons. The molecule has 0 N–H and O–H groups in total. The molecule has 0 aliphatic rings. The highest BCUT2D eigenvalue weighted by molar-refractivity contribution is 6.23. The first kappa shape index (κ1) is 12.4. The summed E-state index contributed by atoms with van der Waals surface area (Å²) in [6, 6.07) is 0. The van der Waals surface area contributed by atoms with E-state index in [0.717, 1.165) is 0 Å². The summed E-state index contributed by atoms with van der Waals surface area (Å²) < 4.78 is 0. The highest BCUT2D eigenvalue weighted by Gasteiger charge is 1.83. The summed E-state index contributed by atoms with van der Waals surface area (Å²) >= 11 is 0. The van der Waals surface area contributed by atoms with Crippen molar-refractivity contribution in [3.05, 3.63) is 0 Å². The third-order valence-corrected chi connectivity index (χ3v) is 0.537. The molecule has 0 aromatic rings. The predicted octanol–water partition coefficient (Wildman–Crippen LogP) is -0.0613. The van der Waals surface area contributed by atoms with Gasteiger partial charge in [-0.15, -0.1) is 0 Å². The van der Waals surface area contributed by atoms with Crippen LogP contribution in [0.2, 0.25) is 0 Å². The number of hydrogen-bond donors (Lipinski definition) is 0. The fraction of sp³-hybridized carbons (Fsp3) is 0.429. The molecule has 0 saturated heterocycles. The maximum atomic E-state index is 9.81. The molecule has 0 spiro atoms. The summed E-state index contributed by atoms with van der Waals surface area (Å²) in [5.41, 5.74) is 0. The van der Waals surface area contributed by atoms with Gasteiger partial charge >= 0.3 is 0 Å². The van der Waals surface area contributed by atoms with E-state index >= 15 is 0 Å². The van der Waals surface area contributed by atoms with E-state index < -0.39 is 5.78 Å². The van der Waals surface area contributed by atoms with Gasteiger partial charge in [0.1, 0.15) is 12.1 Å². The summed E-state index contributed by atoms with van der Waals surface area (Å²) in [4.78, 5) is 37.8. The molecular weight excluding hydrogens is 148 g/mol. The smallest absolute Gasteiger partial charge is 0.192 e. The van der Waals surface area contributed by atoms with Gasteiger partial charge in [0.15, 0.2) is 12.1 Å². The first-order chi connectivity index (χ1) is 5.04. The van der Waals surface area contributed by atoms with Crippen LogP contribution in [0, 0.1) is 0 Å². The van der Waals surface area contributed by atoms with Crippen molar-refractivity contribution in [1.82, 2.24) is 0 Å². The van der Waals surface area contributed by atoms with E-state index in [-0.39, 0.29) is 18.5 Å². The van der Waals surface area contributed by atoms with Gasteiger partial charge in [0.2, 0.25) is 0 Å². The molecule has 0 rings (SSSR count). The lowest BCUT2D eigenvalue weighted by Crippen LogP contribution is -1.87. The highest BCUT2D eigenvalue weighted by atomic mass is 16.2. The Labute approximate surface area is 64.6 Å². The van der Waals surface area contributed by atoms with Crippen molar-refractivity contribution in [3.63, 3.8) is 0 Å². The molecule has 0 aromatic carbocycles. The van der Waals surface area contributed by atoms with Crippen LogP contribution in [0.4, 0.5) is 0 Å². The molecule has 11 heavy (non-hydrogen) atoms. The third kappa shape index (κ3) is 28.6. The number of hydrogen-bond acceptors (Lipinski definition) is 4. The Kier molecular flexibility index (Phi) is 9.76. The van der Waals surface area contributed by atoms with Gasteiger partial charge in [0, 0.05) is 6.92 Å². The van der Waals surface area contributed by atoms with E-state index in [2.05, 4.69) is 0 Å². The molecule has 0 unspecified atom stereocenters. The Hall–Kier alpha value is -1.32. The summed E-state index contributed by atoms with van der Waals surface area (Å²) in [6.45, 7) is 2.60. The zero-order valence-electron chi connectivity index (χ0n) is 6.49. The Morgan fingerprint density at radius 1 is 1.18 bits per heavy atom. The minimum Gasteiger partial charge on any atom is -0.303 e. The fourth-order valence-electron chi connectivity index (χ4n) is 0.117. The van der Waals surface area contributed by atoms with Gasteiger partial charge in [0.25, 0.3) is 0 Å². The second-order valence-electron chi connectivity index (χ2n) is 1.80. The molecule has 0 aromatic heterocycles. The number of ketones is 2. The minimum absolute atomic E-state index is 0.0556. The molecule has 0 saturated carbocycles. The van der Waals surface area contributed by atoms with E-state index in [4.69, 9.17) is 4.79 Å². The van der Waals surface area contributed by atoms with Crippen LogP contribution in [-0.2, 0) is 19.2 Å². The third-order valence-electron chi connectivity index (χ3n) is 0.537. The lowest BCUT2D eigenvalue weighted by atomic mass is 10.3. The van der Waals surface area contributed by atoms with E-state index in [1.807, 2.05) is 0 Å². The van der Waals surface area contributed by atoms with Crippen LogP contribution in [0.15, 0.2) is 0 Å². The van der Waals surface area contributed by atoms with Crippen molar-refractivity contribution in [2.75, 3.05) is 0 Å². The van der Waals surface area contributed by atoms with Crippen molar-refractivity contribution in [3.8, 4) is 0 Å². The van der Waals surface area contributed by atoms with Crippen molar-refractivity contribution >= 4 is 24.1 Å². The van der Waals surface area contributed by atoms with Crippen molar-refractivity contribution in [1.29, 1.82) is 0 Å². The Morgan fingerprint density at radius 3 is 1.55 bits per heavy atom. The van der Waals surface area contributed by atoms with Crippen molar-refractivity contribution < 1.29 is 19.2 Å². The minimum atomic E-state index is -0.426. The van der Waals surface area contributed by atoms with Gasteiger partial charge in [-0.25, -0.2) is 0 Å². The van der Waals surface area contributed by atoms with Crippen LogP contribution in [0.3, 0.4) is 0 Å². The van der Waals surface area contributed by atoms with Gasteiger partial charge < -0.3 is 4.79 Å². The summed E-state index contributed by atoms with van der Waals surface area (Å²) in [6.07, 6.45) is 0.933. The summed E-state index contributed by atoms with van der Waals surface area (Å²) in [5.74, 6) is -0.505. The van der Waals surface area contributed by atoms with Gasteiger partial charge in [-0.05, 0) is 6.92 Å². The first-order valence-corrected chi connectivity index (χ1v) is 2.93. The van der Waals surface area contributed by atoms with E-state index in [1.54, 1.807) is 0 Å². The zero-order chi connectivity index (χ0) is 9.28. The number of rotatable bonds is 3. The predicted molar refractivity (Wildman–Crippen MR) is 38.1 cm³/mol. The second kappa shape index (κ2) is 8.68. The average Bonchev–Trinajstić information content (AvgIpc) is 1.89. The molecule has 4 heteroatoms. The lowest BCUT2D eigenvalue weighted by molar-refractivity contribution is -0.128. The molecule has 0 atom stereocenters. The molecule has 0 fully saturated rings. The van der Waals surface area contributed by atoms with Gasteiger partial charge in [-0.1, -0.05) is 0 Å². The normalized spacial score (nSPS) is 7.09. The molecule has 0 heterocycles. The summed E-state index contributed by atoms with van der Waals surface area (Å²) in [7, 11) is 0. The number of carbonyl (C=O) groups is 4. The maximum absolute atomic E-state index is 9.81. The monoisotopic (exact) mass is 158 g/mol. The number of carbonyl (C=O) groups excluding carboxylic acids is 4. The first-order valence-electron chi connectivity index (χ1n) is 2.93. The summed E-state index contributed by atoms with van der Waals surface area (Å²) in [5, 5.41) is 0. The maximum Gasteiger partial charge on any atom is 0.192 e. The van der Waals surface area contributed by atoms with Crippen LogP contribution in [0.1, 0.15) is 20.3 Å². The highest BCUT2D eigenvalue weighted by Crippen LogP contribution is 1.69. The fourth-order valence-corrected chi connectivity index (χ4v) is 0.117. The topological polar surface area (TPSA) is 68.3 Å². The Morgan fingerprint density at radius 2 is 1.55 bits per heavy atom. The van der Waals surface area contributed by atoms with Crippen molar-refractivity contribution in [2.45, 2.75) is 20.3 Å². The molecule has 0 aliphatic carbocycles. The van der Waals surface area contributed by atoms with Gasteiger partial charge in [-0.3, -0.25) is 14.4 Å². The van der Waals surface area contributed by atoms with Gasteiger partial charge in [0.05, 0.1) is 6.42 Å². The quantitative estimate of drug-likeness (QED) is 0.328. The van der Waals surface area contributed by atoms with Crippen LogP contribution in [0.25, 0.3) is 0 Å². The number of aldehydes is 2. The lowest BCUT2D eigenvalue weighted by Gasteiger charge is -1.71. The van der Waals surface area contributed by atoms with Crippen LogP contribution in [-0.4, -0.2) is 24.1 Å². The second-order valence-corrected chi connectivity index (χ2v) is 1.80. The Balaban J connectivity index is 0. The average molecular weight is 158 g/mol. The van der Waals surface area contributed by atoms with Crippen molar-refractivity contribution in [2.24, 2.45) is 0 Å². The molecule has 0 amide bonds. The molecule has 4 nitrogen and oxygen atoms in total. The standard InChI is InChI=1S/C4H6O2.C3H4O2/c1-4(6)2-3-5;1-3(5)2-4/h3H,2H2,1H3;2H,1H3. The Bertz CT molecular complexity index is 160. The zero-order valence-corrected chi connectivity index (χ0v) is 6.49. The molecule has 0 aliphatic heterocycles. The molecule has 62 valence electrons. The van der Waals surface area contributed by atoms with E-state index in [9.17, 15) is 14.4 Å². The number of Topliss-reactive ketones (excluding diaryl/α,β-unsaturated/α-hetero) is 2. The van der Waals surface area contributed by atoms with Crippen LogP contribution >= 0.6 is 0 Å². The largest absolute Gasteiger partial charge is 0.303 e. The SMILES string of the molecule is CC(=O)C=O.CC(=O)CC=O. The van der Waals surface area contributed by atoms with E-state index in [1.165, 1.54) is 13.8 Å². The molecule has 0 bridgehead atoms. The van der Waals surface area contributed by atoms with Crippen LogP contribution in [0.5, 0.6) is 0 Å². The van der Waals surface area contributed by atoms with E-state index in [0.29, 0.717) is 6.29 Å². The van der Waals surface area contributed by atoms with Crippen LogP contribution < -0.4 is 0 Å². The van der Waals surface area contributed by atoms with Gasteiger partial charge in [-0.2, -0.15) is 0 Å².